The molecule has 0 aromatic carbocycles. The third kappa shape index (κ3) is 4.20. The highest BCUT2D eigenvalue weighted by Crippen LogP contribution is 2.26. The molecule has 1 saturated carbocycles. The average molecular weight is 217 g/mol. The quantitative estimate of drug-likeness (QED) is 0.739. The summed E-state index contributed by atoms with van der Waals surface area (Å²) >= 11 is 1.99. The minimum atomic E-state index is -0.162. The van der Waals surface area contributed by atoms with Gasteiger partial charge in [0.2, 0.25) is 0 Å². The topological polar surface area (TPSA) is 32.3 Å². The van der Waals surface area contributed by atoms with Gasteiger partial charge in [-0.3, -0.25) is 0 Å². The van der Waals surface area contributed by atoms with Crippen LogP contribution in [0.5, 0.6) is 0 Å². The minimum absolute atomic E-state index is 0.162. The van der Waals surface area contributed by atoms with Crippen molar-refractivity contribution in [3.05, 3.63) is 0 Å². The van der Waals surface area contributed by atoms with Gasteiger partial charge >= 0.3 is 0 Å². The second kappa shape index (κ2) is 6.70. The molecule has 1 aliphatic rings. The Kier molecular flexibility index (Phi) is 5.90. The maximum atomic E-state index is 9.44. The highest BCUT2D eigenvalue weighted by molar-refractivity contribution is 7.99. The summed E-state index contributed by atoms with van der Waals surface area (Å²) in [6.45, 7) is 2.79. The molecule has 14 heavy (non-hydrogen) atoms. The molecule has 0 heterocycles. The first kappa shape index (κ1) is 12.3. The highest BCUT2D eigenvalue weighted by atomic mass is 32.2. The first-order valence-electron chi connectivity index (χ1n) is 5.70. The minimum Gasteiger partial charge on any atom is -0.392 e. The van der Waals surface area contributed by atoms with Crippen molar-refractivity contribution in [2.24, 2.45) is 0 Å². The molecule has 2 N–H and O–H groups in total. The summed E-state index contributed by atoms with van der Waals surface area (Å²) in [4.78, 5) is 0. The van der Waals surface area contributed by atoms with Crippen LogP contribution in [0.3, 0.4) is 0 Å². The van der Waals surface area contributed by atoms with Gasteiger partial charge in [-0.05, 0) is 31.9 Å². The van der Waals surface area contributed by atoms with Crippen molar-refractivity contribution in [2.75, 3.05) is 12.8 Å². The maximum Gasteiger partial charge on any atom is 0.0662 e. The summed E-state index contributed by atoms with van der Waals surface area (Å²) in [7, 11) is 0. The number of thioether (sulfide) groups is 1. The van der Waals surface area contributed by atoms with Crippen LogP contribution in [0.2, 0.25) is 0 Å². The molecule has 0 bridgehead atoms. The Hall–Kier alpha value is 0.270. The molecule has 3 heteroatoms. The molecule has 0 aliphatic heterocycles. The number of aliphatic hydroxyl groups is 1. The second-order valence-corrected chi connectivity index (χ2v) is 5.33. The first-order valence-corrected chi connectivity index (χ1v) is 6.99. The molecule has 1 rings (SSSR count). The summed E-state index contributed by atoms with van der Waals surface area (Å²) in [6.07, 6.45) is 8.16. The van der Waals surface area contributed by atoms with Gasteiger partial charge in [0.25, 0.3) is 0 Å². The van der Waals surface area contributed by atoms with Crippen LogP contribution in [0, 0.1) is 0 Å². The number of rotatable bonds is 5. The Bertz CT molecular complexity index is 154. The number of hydrogen-bond donors (Lipinski definition) is 2. The van der Waals surface area contributed by atoms with Gasteiger partial charge in [0.15, 0.2) is 0 Å². The van der Waals surface area contributed by atoms with Crippen LogP contribution in [-0.4, -0.2) is 35.3 Å². The molecule has 0 aromatic rings. The number of aliphatic hydroxyl groups excluding tert-OH is 1. The standard InChI is InChI=1S/C11H23NOS/c1-3-10(13)8-12-9-5-4-6-11(7-9)14-2/h9-13H,3-8H2,1-2H3. The van der Waals surface area contributed by atoms with Crippen LogP contribution in [-0.2, 0) is 0 Å². The lowest BCUT2D eigenvalue weighted by molar-refractivity contribution is 0.159. The summed E-state index contributed by atoms with van der Waals surface area (Å²) in [5, 5.41) is 13.8. The van der Waals surface area contributed by atoms with E-state index in [0.29, 0.717) is 6.04 Å². The van der Waals surface area contributed by atoms with Crippen LogP contribution < -0.4 is 5.32 Å². The molecular weight excluding hydrogens is 194 g/mol. The molecule has 3 atom stereocenters. The van der Waals surface area contributed by atoms with Crippen LogP contribution in [0.15, 0.2) is 0 Å². The van der Waals surface area contributed by atoms with Crippen molar-refractivity contribution in [2.45, 2.75) is 56.4 Å². The van der Waals surface area contributed by atoms with Gasteiger partial charge in [-0.15, -0.1) is 0 Å². The van der Waals surface area contributed by atoms with Crippen molar-refractivity contribution < 1.29 is 5.11 Å². The van der Waals surface area contributed by atoms with Crippen LogP contribution >= 0.6 is 11.8 Å². The van der Waals surface area contributed by atoms with Crippen molar-refractivity contribution in [1.82, 2.24) is 5.32 Å². The zero-order valence-electron chi connectivity index (χ0n) is 9.33. The van der Waals surface area contributed by atoms with Crippen molar-refractivity contribution >= 4 is 11.8 Å². The molecule has 1 fully saturated rings. The molecule has 0 spiro atoms. The first-order chi connectivity index (χ1) is 6.76. The predicted octanol–water partition coefficient (Wildman–Crippen LogP) is 2.02. The lowest BCUT2D eigenvalue weighted by atomic mass is 9.95. The van der Waals surface area contributed by atoms with Gasteiger partial charge in [-0.25, -0.2) is 0 Å². The molecule has 1 aliphatic carbocycles. The Balaban J connectivity index is 2.17. The van der Waals surface area contributed by atoms with Crippen LogP contribution in [0.4, 0.5) is 0 Å². The fraction of sp³-hybridized carbons (Fsp3) is 1.00. The van der Waals surface area contributed by atoms with Gasteiger partial charge < -0.3 is 10.4 Å². The SMILES string of the molecule is CCC(O)CNC1CCCC(SC)C1. The summed E-state index contributed by atoms with van der Waals surface area (Å²) in [5.41, 5.74) is 0. The fourth-order valence-electron chi connectivity index (χ4n) is 1.99. The largest absolute Gasteiger partial charge is 0.392 e. The summed E-state index contributed by atoms with van der Waals surface area (Å²) in [6, 6.07) is 0.641. The molecule has 0 aromatic heterocycles. The molecular formula is C11H23NOS. The number of nitrogens with one attached hydrogen (secondary N) is 1. The Labute approximate surface area is 91.9 Å². The van der Waals surface area contributed by atoms with Gasteiger partial charge in [-0.1, -0.05) is 13.3 Å². The van der Waals surface area contributed by atoms with Gasteiger partial charge in [0, 0.05) is 17.8 Å². The van der Waals surface area contributed by atoms with E-state index in [-0.39, 0.29) is 6.10 Å². The molecule has 0 amide bonds. The van der Waals surface area contributed by atoms with E-state index in [2.05, 4.69) is 11.6 Å². The fourth-order valence-corrected chi connectivity index (χ4v) is 2.82. The zero-order chi connectivity index (χ0) is 10.4. The Morgan fingerprint density at radius 3 is 2.93 bits per heavy atom. The average Bonchev–Trinajstić information content (AvgIpc) is 2.26. The van der Waals surface area contributed by atoms with Gasteiger partial charge in [0.1, 0.15) is 0 Å². The second-order valence-electron chi connectivity index (χ2n) is 4.19. The van der Waals surface area contributed by atoms with Crippen molar-refractivity contribution in [1.29, 1.82) is 0 Å². The van der Waals surface area contributed by atoms with E-state index in [9.17, 15) is 5.11 Å². The van der Waals surface area contributed by atoms with Crippen molar-refractivity contribution in [3.8, 4) is 0 Å². The van der Waals surface area contributed by atoms with E-state index in [0.717, 1.165) is 18.2 Å². The van der Waals surface area contributed by atoms with E-state index in [1.54, 1.807) is 0 Å². The summed E-state index contributed by atoms with van der Waals surface area (Å²) < 4.78 is 0. The highest BCUT2D eigenvalue weighted by Gasteiger charge is 2.20. The lowest BCUT2D eigenvalue weighted by Gasteiger charge is -2.29. The lowest BCUT2D eigenvalue weighted by Crippen LogP contribution is -2.39. The van der Waals surface area contributed by atoms with E-state index < -0.39 is 0 Å². The molecule has 84 valence electrons. The van der Waals surface area contributed by atoms with E-state index in [1.807, 2.05) is 18.7 Å². The van der Waals surface area contributed by atoms with E-state index >= 15 is 0 Å². The zero-order valence-corrected chi connectivity index (χ0v) is 10.1. The van der Waals surface area contributed by atoms with Crippen molar-refractivity contribution in [3.63, 3.8) is 0 Å². The maximum absolute atomic E-state index is 9.44. The third-order valence-corrected chi connectivity index (χ3v) is 4.17. The Morgan fingerprint density at radius 2 is 2.29 bits per heavy atom. The predicted molar refractivity (Wildman–Crippen MR) is 63.9 cm³/mol. The van der Waals surface area contributed by atoms with Crippen LogP contribution in [0.25, 0.3) is 0 Å². The number of hydrogen-bond acceptors (Lipinski definition) is 3. The van der Waals surface area contributed by atoms with E-state index in [1.165, 1.54) is 25.7 Å². The normalized spacial score (nSPS) is 30.2. The third-order valence-electron chi connectivity index (χ3n) is 3.07. The summed E-state index contributed by atoms with van der Waals surface area (Å²) in [5.74, 6) is 0. The van der Waals surface area contributed by atoms with Gasteiger partial charge in [-0.2, -0.15) is 11.8 Å². The monoisotopic (exact) mass is 217 g/mol. The molecule has 2 nitrogen and oxygen atoms in total. The smallest absolute Gasteiger partial charge is 0.0662 e. The molecule has 0 radical (unpaired) electrons. The molecule has 0 saturated heterocycles. The van der Waals surface area contributed by atoms with E-state index in [4.69, 9.17) is 0 Å². The van der Waals surface area contributed by atoms with Gasteiger partial charge in [0.05, 0.1) is 6.10 Å². The Morgan fingerprint density at radius 1 is 1.50 bits per heavy atom. The molecule has 3 unspecified atom stereocenters. The van der Waals surface area contributed by atoms with Crippen LogP contribution in [0.1, 0.15) is 39.0 Å².